The second kappa shape index (κ2) is 5.95. The van der Waals surface area contributed by atoms with Gasteiger partial charge in [0, 0.05) is 33.9 Å². The van der Waals surface area contributed by atoms with E-state index in [1.54, 1.807) is 19.2 Å². The van der Waals surface area contributed by atoms with Crippen LogP contribution < -0.4 is 5.32 Å². The van der Waals surface area contributed by atoms with Crippen LogP contribution in [0.2, 0.25) is 0 Å². The molecule has 0 saturated carbocycles. The van der Waals surface area contributed by atoms with Crippen LogP contribution in [-0.4, -0.2) is 52.1 Å². The molecule has 0 radical (unpaired) electrons. The molecule has 0 unspecified atom stereocenters. The predicted molar refractivity (Wildman–Crippen MR) is 65.5 cm³/mol. The van der Waals surface area contributed by atoms with Crippen molar-refractivity contribution >= 4 is 15.7 Å². The zero-order valence-electron chi connectivity index (χ0n) is 10.2. The van der Waals surface area contributed by atoms with Gasteiger partial charge in [0.25, 0.3) is 10.0 Å². The summed E-state index contributed by atoms with van der Waals surface area (Å²) in [6, 6.07) is 3.35. The summed E-state index contributed by atoms with van der Waals surface area (Å²) in [6.45, 7) is 0.635. The van der Waals surface area contributed by atoms with Crippen LogP contribution in [0.5, 0.6) is 0 Å². The number of sulfonamides is 1. The van der Waals surface area contributed by atoms with Crippen molar-refractivity contribution in [3.63, 3.8) is 0 Å². The summed E-state index contributed by atoms with van der Waals surface area (Å²) in [4.78, 5) is 3.92. The van der Waals surface area contributed by atoms with Gasteiger partial charge < -0.3 is 10.1 Å². The lowest BCUT2D eigenvalue weighted by molar-refractivity contribution is 0.185. The average molecular weight is 259 g/mol. The highest BCUT2D eigenvalue weighted by Crippen LogP contribution is 2.20. The number of anilines is 1. The van der Waals surface area contributed by atoms with E-state index in [9.17, 15) is 8.42 Å². The van der Waals surface area contributed by atoms with Gasteiger partial charge in [0.1, 0.15) is 0 Å². The van der Waals surface area contributed by atoms with Crippen LogP contribution >= 0.6 is 0 Å². The Morgan fingerprint density at radius 1 is 1.53 bits per heavy atom. The molecule has 1 rings (SSSR count). The molecule has 0 aromatic carbocycles. The first-order chi connectivity index (χ1) is 8.04. The van der Waals surface area contributed by atoms with Crippen LogP contribution in [0, 0.1) is 0 Å². The molecule has 1 aromatic rings. The van der Waals surface area contributed by atoms with Crippen molar-refractivity contribution < 1.29 is 13.2 Å². The smallest absolute Gasteiger partial charge is 0.262 e. The van der Waals surface area contributed by atoms with E-state index in [2.05, 4.69) is 10.3 Å². The highest BCUT2D eigenvalue weighted by atomic mass is 32.2. The van der Waals surface area contributed by atoms with Crippen molar-refractivity contribution in [3.05, 3.63) is 18.3 Å². The van der Waals surface area contributed by atoms with E-state index in [4.69, 9.17) is 4.74 Å². The molecule has 0 aliphatic carbocycles. The minimum Gasteiger partial charge on any atom is -0.386 e. The van der Waals surface area contributed by atoms with Gasteiger partial charge in [0.15, 0.2) is 5.03 Å². The van der Waals surface area contributed by atoms with Gasteiger partial charge in [0.05, 0.1) is 12.3 Å². The summed E-state index contributed by atoms with van der Waals surface area (Å²) in [5.74, 6) is 0. The highest BCUT2D eigenvalue weighted by Gasteiger charge is 2.24. The Hall–Kier alpha value is -1.18. The average Bonchev–Trinajstić information content (AvgIpc) is 2.35. The van der Waals surface area contributed by atoms with E-state index in [1.807, 2.05) is 0 Å². The molecule has 1 N–H and O–H groups in total. The summed E-state index contributed by atoms with van der Waals surface area (Å²) >= 11 is 0. The number of hydrogen-bond donors (Lipinski definition) is 1. The topological polar surface area (TPSA) is 71.5 Å². The molecule has 0 spiro atoms. The molecule has 0 amide bonds. The van der Waals surface area contributed by atoms with E-state index in [1.165, 1.54) is 24.7 Å². The molecule has 96 valence electrons. The molecule has 17 heavy (non-hydrogen) atoms. The molecule has 0 fully saturated rings. The molecule has 0 saturated heterocycles. The summed E-state index contributed by atoms with van der Waals surface area (Å²) in [5, 5.41) is 2.84. The van der Waals surface area contributed by atoms with Gasteiger partial charge in [-0.25, -0.2) is 13.4 Å². The summed E-state index contributed by atoms with van der Waals surface area (Å²) in [6.07, 6.45) is 1.46. The molecule has 1 heterocycles. The lowest BCUT2D eigenvalue weighted by atomic mass is 10.4. The van der Waals surface area contributed by atoms with Crippen molar-refractivity contribution in [1.29, 1.82) is 0 Å². The fourth-order valence-corrected chi connectivity index (χ4v) is 2.53. The van der Waals surface area contributed by atoms with Crippen LogP contribution in [-0.2, 0) is 14.8 Å². The van der Waals surface area contributed by atoms with E-state index in [0.717, 1.165) is 0 Å². The fourth-order valence-electron chi connectivity index (χ4n) is 1.27. The zero-order chi connectivity index (χ0) is 12.9. The second-order valence-corrected chi connectivity index (χ2v) is 5.39. The van der Waals surface area contributed by atoms with E-state index >= 15 is 0 Å². The largest absolute Gasteiger partial charge is 0.386 e. The Labute approximate surface area is 102 Å². The molecule has 1 aromatic heterocycles. The fraction of sp³-hybridized carbons (Fsp3) is 0.500. The standard InChI is InChI=1S/C10H17N3O3S/c1-11-9-5-4-6-12-10(9)17(14,15)13(2)7-8-16-3/h4-6,11H,7-8H2,1-3H3. The van der Waals surface area contributed by atoms with Crippen LogP contribution in [0.3, 0.4) is 0 Å². The Balaban J connectivity index is 3.04. The minimum absolute atomic E-state index is 0.0288. The molecule has 0 atom stereocenters. The highest BCUT2D eigenvalue weighted by molar-refractivity contribution is 7.89. The summed E-state index contributed by atoms with van der Waals surface area (Å²) in [5.41, 5.74) is 0.483. The first-order valence-corrected chi connectivity index (χ1v) is 6.56. The Kier molecular flexibility index (Phi) is 4.86. The number of hydrogen-bond acceptors (Lipinski definition) is 5. The zero-order valence-corrected chi connectivity index (χ0v) is 11.0. The number of rotatable bonds is 6. The van der Waals surface area contributed by atoms with E-state index < -0.39 is 10.0 Å². The maximum Gasteiger partial charge on any atom is 0.262 e. The van der Waals surface area contributed by atoms with E-state index in [0.29, 0.717) is 18.8 Å². The van der Waals surface area contributed by atoms with Gasteiger partial charge in [-0.05, 0) is 12.1 Å². The molecule has 0 bridgehead atoms. The molecule has 0 aliphatic heterocycles. The molecular formula is C10H17N3O3S. The number of likely N-dealkylation sites (N-methyl/N-ethyl adjacent to an activating group) is 1. The number of aromatic nitrogens is 1. The van der Waals surface area contributed by atoms with Gasteiger partial charge in [-0.2, -0.15) is 4.31 Å². The van der Waals surface area contributed by atoms with Crippen molar-refractivity contribution in [2.45, 2.75) is 5.03 Å². The number of nitrogens with one attached hydrogen (secondary N) is 1. The normalized spacial score (nSPS) is 11.8. The van der Waals surface area contributed by atoms with Gasteiger partial charge in [-0.15, -0.1) is 0 Å². The van der Waals surface area contributed by atoms with Crippen LogP contribution in [0.25, 0.3) is 0 Å². The first kappa shape index (κ1) is 13.9. The maximum absolute atomic E-state index is 12.2. The van der Waals surface area contributed by atoms with Gasteiger partial charge in [-0.1, -0.05) is 0 Å². The van der Waals surface area contributed by atoms with E-state index in [-0.39, 0.29) is 5.03 Å². The third-order valence-corrected chi connectivity index (χ3v) is 4.12. The second-order valence-electron chi connectivity index (χ2n) is 3.43. The van der Waals surface area contributed by atoms with Crippen molar-refractivity contribution in [2.75, 3.05) is 39.7 Å². The maximum atomic E-state index is 12.2. The lowest BCUT2D eigenvalue weighted by Crippen LogP contribution is -2.31. The number of nitrogens with zero attached hydrogens (tertiary/aromatic N) is 2. The van der Waals surface area contributed by atoms with Crippen LogP contribution in [0.1, 0.15) is 0 Å². The predicted octanol–water partition coefficient (Wildman–Crippen LogP) is 0.390. The monoisotopic (exact) mass is 259 g/mol. The minimum atomic E-state index is -3.57. The Bertz CT molecular complexity index is 462. The number of methoxy groups -OCH3 is 1. The third kappa shape index (κ3) is 3.15. The Morgan fingerprint density at radius 3 is 2.82 bits per heavy atom. The van der Waals surface area contributed by atoms with Gasteiger partial charge >= 0.3 is 0 Å². The van der Waals surface area contributed by atoms with Crippen LogP contribution in [0.15, 0.2) is 23.4 Å². The Morgan fingerprint density at radius 2 is 2.24 bits per heavy atom. The summed E-state index contributed by atoms with van der Waals surface area (Å²) in [7, 11) is 1.11. The quantitative estimate of drug-likeness (QED) is 0.800. The SMILES string of the molecule is CNc1cccnc1S(=O)(=O)N(C)CCOC. The third-order valence-electron chi connectivity index (χ3n) is 2.31. The summed E-state index contributed by atoms with van der Waals surface area (Å²) < 4.78 is 30.5. The first-order valence-electron chi connectivity index (χ1n) is 5.12. The van der Waals surface area contributed by atoms with Gasteiger partial charge in [-0.3, -0.25) is 0 Å². The van der Waals surface area contributed by atoms with Crippen LogP contribution in [0.4, 0.5) is 5.69 Å². The molecule has 7 heteroatoms. The number of pyridine rings is 1. The van der Waals surface area contributed by atoms with Crippen molar-refractivity contribution in [1.82, 2.24) is 9.29 Å². The van der Waals surface area contributed by atoms with Gasteiger partial charge in [0.2, 0.25) is 0 Å². The number of ether oxygens (including phenoxy) is 1. The molecule has 6 nitrogen and oxygen atoms in total. The van der Waals surface area contributed by atoms with Crippen molar-refractivity contribution in [3.8, 4) is 0 Å². The lowest BCUT2D eigenvalue weighted by Gasteiger charge is -2.17. The van der Waals surface area contributed by atoms with Crippen molar-refractivity contribution in [2.24, 2.45) is 0 Å². The molecular weight excluding hydrogens is 242 g/mol. The molecule has 0 aliphatic rings.